The molecule has 2 aliphatic rings. The lowest BCUT2D eigenvalue weighted by Gasteiger charge is -2.39. The smallest absolute Gasteiger partial charge is 0.237 e. The van der Waals surface area contributed by atoms with Gasteiger partial charge in [-0.3, -0.25) is 14.6 Å². The molecule has 2 aliphatic heterocycles. The molecule has 2 aromatic carbocycles. The summed E-state index contributed by atoms with van der Waals surface area (Å²) < 4.78 is 10.9. The third-order valence-electron chi connectivity index (χ3n) is 6.74. The van der Waals surface area contributed by atoms with E-state index in [1.807, 2.05) is 35.2 Å². The first-order valence-corrected chi connectivity index (χ1v) is 11.6. The highest BCUT2D eigenvalue weighted by atomic mass is 35.5. The van der Waals surface area contributed by atoms with Crippen LogP contribution in [-0.4, -0.2) is 74.1 Å². The van der Waals surface area contributed by atoms with Gasteiger partial charge in [0.1, 0.15) is 0 Å². The summed E-state index contributed by atoms with van der Waals surface area (Å²) in [5.41, 5.74) is 3.53. The maximum Gasteiger partial charge on any atom is 0.237 e. The minimum absolute atomic E-state index is 0.193. The number of methoxy groups -OCH3 is 2. The first-order valence-electron chi connectivity index (χ1n) is 11.2. The fourth-order valence-corrected chi connectivity index (χ4v) is 5.00. The van der Waals surface area contributed by atoms with E-state index in [0.717, 1.165) is 61.0 Å². The second kappa shape index (κ2) is 10.1. The van der Waals surface area contributed by atoms with Crippen molar-refractivity contribution in [2.75, 3.05) is 53.5 Å². The molecule has 1 fully saturated rings. The Labute approximate surface area is 195 Å². The molecule has 2 aromatic rings. The average molecular weight is 458 g/mol. The summed E-state index contributed by atoms with van der Waals surface area (Å²) in [4.78, 5) is 19.7. The third-order valence-corrected chi connectivity index (χ3v) is 7.08. The van der Waals surface area contributed by atoms with Crippen LogP contribution in [0.15, 0.2) is 36.4 Å². The Morgan fingerprint density at radius 3 is 2.31 bits per heavy atom. The predicted octanol–water partition coefficient (Wildman–Crippen LogP) is 3.62. The van der Waals surface area contributed by atoms with Crippen LogP contribution in [0.3, 0.4) is 0 Å². The minimum Gasteiger partial charge on any atom is -0.493 e. The lowest BCUT2D eigenvalue weighted by atomic mass is 9.98. The highest BCUT2D eigenvalue weighted by molar-refractivity contribution is 6.31. The van der Waals surface area contributed by atoms with E-state index < -0.39 is 0 Å². The number of benzene rings is 2. The quantitative estimate of drug-likeness (QED) is 0.663. The highest BCUT2D eigenvalue weighted by Crippen LogP contribution is 2.33. The highest BCUT2D eigenvalue weighted by Gasteiger charge is 2.27. The van der Waals surface area contributed by atoms with Crippen molar-refractivity contribution in [3.63, 3.8) is 0 Å². The van der Waals surface area contributed by atoms with Crippen LogP contribution in [0.1, 0.15) is 29.7 Å². The lowest BCUT2D eigenvalue weighted by molar-refractivity contribution is -0.133. The van der Waals surface area contributed by atoms with Gasteiger partial charge in [-0.1, -0.05) is 29.8 Å². The SMILES string of the molecule is COc1cc2c(cc1OC)CN(C(=O)CN1CCN(C(C)c3ccccc3Cl)CC1)CC2. The monoisotopic (exact) mass is 457 g/mol. The first-order chi connectivity index (χ1) is 15.5. The van der Waals surface area contributed by atoms with Gasteiger partial charge in [0.05, 0.1) is 20.8 Å². The van der Waals surface area contributed by atoms with Crippen molar-refractivity contribution >= 4 is 17.5 Å². The van der Waals surface area contributed by atoms with Gasteiger partial charge in [0, 0.05) is 50.3 Å². The molecule has 0 bridgehead atoms. The van der Waals surface area contributed by atoms with E-state index >= 15 is 0 Å². The normalized spacial score (nSPS) is 18.2. The molecule has 1 saturated heterocycles. The Kier molecular flexibility index (Phi) is 7.23. The van der Waals surface area contributed by atoms with Gasteiger partial charge in [0.2, 0.25) is 5.91 Å². The zero-order valence-corrected chi connectivity index (χ0v) is 19.9. The summed E-state index contributed by atoms with van der Waals surface area (Å²) in [7, 11) is 3.29. The van der Waals surface area contributed by atoms with E-state index in [4.69, 9.17) is 21.1 Å². The number of nitrogens with zero attached hydrogens (tertiary/aromatic N) is 3. The number of amides is 1. The molecule has 0 radical (unpaired) electrons. The molecule has 0 aliphatic carbocycles. The molecule has 0 N–H and O–H groups in total. The largest absolute Gasteiger partial charge is 0.493 e. The van der Waals surface area contributed by atoms with E-state index in [-0.39, 0.29) is 11.9 Å². The molecule has 4 rings (SSSR count). The maximum absolute atomic E-state index is 13.0. The molecule has 0 aromatic heterocycles. The molecule has 1 amide bonds. The van der Waals surface area contributed by atoms with Crippen LogP contribution in [0.5, 0.6) is 11.5 Å². The predicted molar refractivity (Wildman–Crippen MR) is 127 cm³/mol. The molecule has 7 heteroatoms. The number of fused-ring (bicyclic) bond motifs is 1. The Hall–Kier alpha value is -2.28. The number of hydrogen-bond acceptors (Lipinski definition) is 5. The molecule has 32 heavy (non-hydrogen) atoms. The van der Waals surface area contributed by atoms with E-state index in [2.05, 4.69) is 22.8 Å². The van der Waals surface area contributed by atoms with E-state index in [1.54, 1.807) is 14.2 Å². The van der Waals surface area contributed by atoms with Crippen LogP contribution in [0.2, 0.25) is 5.02 Å². The summed E-state index contributed by atoms with van der Waals surface area (Å²) >= 11 is 6.39. The number of hydrogen-bond donors (Lipinski definition) is 0. The summed E-state index contributed by atoms with van der Waals surface area (Å²) in [6, 6.07) is 12.4. The maximum atomic E-state index is 13.0. The standard InChI is InChI=1S/C25H32ClN3O3/c1-18(21-6-4-5-7-22(21)26)28-12-10-27(11-13-28)17-25(30)29-9-8-19-14-23(31-2)24(32-3)15-20(19)16-29/h4-7,14-15,18H,8-13,16-17H2,1-3H3. The Balaban J connectivity index is 1.31. The Morgan fingerprint density at radius 2 is 1.66 bits per heavy atom. The molecular weight excluding hydrogens is 426 g/mol. The van der Waals surface area contributed by atoms with Crippen molar-refractivity contribution in [2.24, 2.45) is 0 Å². The van der Waals surface area contributed by atoms with E-state index in [9.17, 15) is 4.79 Å². The molecule has 0 saturated carbocycles. The third kappa shape index (κ3) is 4.87. The number of piperazine rings is 1. The van der Waals surface area contributed by atoms with Gasteiger partial charge in [-0.2, -0.15) is 0 Å². The van der Waals surface area contributed by atoms with Crippen LogP contribution >= 0.6 is 11.6 Å². The Bertz CT molecular complexity index is 959. The van der Waals surface area contributed by atoms with Gasteiger partial charge in [-0.15, -0.1) is 0 Å². The molecule has 6 nitrogen and oxygen atoms in total. The summed E-state index contributed by atoms with van der Waals surface area (Å²) in [5.74, 6) is 1.65. The van der Waals surface area contributed by atoms with Crippen LogP contribution < -0.4 is 9.47 Å². The van der Waals surface area contributed by atoms with Gasteiger partial charge < -0.3 is 14.4 Å². The van der Waals surface area contributed by atoms with Crippen molar-refractivity contribution < 1.29 is 14.3 Å². The fraction of sp³-hybridized carbons (Fsp3) is 0.480. The second-order valence-corrected chi connectivity index (χ2v) is 8.96. The van der Waals surface area contributed by atoms with Gasteiger partial charge in [-0.05, 0) is 48.2 Å². The molecule has 1 unspecified atom stereocenters. The van der Waals surface area contributed by atoms with Gasteiger partial charge in [-0.25, -0.2) is 0 Å². The fourth-order valence-electron chi connectivity index (χ4n) is 4.71. The van der Waals surface area contributed by atoms with Gasteiger partial charge >= 0.3 is 0 Å². The lowest BCUT2D eigenvalue weighted by Crippen LogP contribution is -2.51. The van der Waals surface area contributed by atoms with Crippen LogP contribution in [-0.2, 0) is 17.8 Å². The Morgan fingerprint density at radius 1 is 1.00 bits per heavy atom. The molecule has 2 heterocycles. The van der Waals surface area contributed by atoms with Crippen LogP contribution in [0.25, 0.3) is 0 Å². The van der Waals surface area contributed by atoms with E-state index in [1.165, 1.54) is 5.56 Å². The zero-order valence-electron chi connectivity index (χ0n) is 19.1. The number of carbonyl (C=O) groups is 1. The van der Waals surface area contributed by atoms with Crippen molar-refractivity contribution in [1.82, 2.24) is 14.7 Å². The van der Waals surface area contributed by atoms with E-state index in [0.29, 0.717) is 18.8 Å². The van der Waals surface area contributed by atoms with Crippen molar-refractivity contribution in [3.8, 4) is 11.5 Å². The number of halogens is 1. The summed E-state index contributed by atoms with van der Waals surface area (Å²) in [6.45, 7) is 7.67. The average Bonchev–Trinajstić information content (AvgIpc) is 2.83. The van der Waals surface area contributed by atoms with Crippen molar-refractivity contribution in [3.05, 3.63) is 58.1 Å². The molecule has 0 spiro atoms. The van der Waals surface area contributed by atoms with Gasteiger partial charge in [0.25, 0.3) is 0 Å². The number of rotatable bonds is 6. The summed E-state index contributed by atoms with van der Waals surface area (Å²) in [6.07, 6.45) is 0.838. The van der Waals surface area contributed by atoms with Crippen LogP contribution in [0, 0.1) is 0 Å². The van der Waals surface area contributed by atoms with Crippen molar-refractivity contribution in [1.29, 1.82) is 0 Å². The topological polar surface area (TPSA) is 45.3 Å². The summed E-state index contributed by atoms with van der Waals surface area (Å²) in [5, 5.41) is 0.817. The molecular formula is C25H32ClN3O3. The second-order valence-electron chi connectivity index (χ2n) is 8.55. The first kappa shape index (κ1) is 22.9. The molecule has 172 valence electrons. The molecule has 1 atom stereocenters. The zero-order chi connectivity index (χ0) is 22.7. The van der Waals surface area contributed by atoms with Gasteiger partial charge in [0.15, 0.2) is 11.5 Å². The van der Waals surface area contributed by atoms with Crippen molar-refractivity contribution in [2.45, 2.75) is 25.9 Å². The number of carbonyl (C=O) groups excluding carboxylic acids is 1. The minimum atomic E-state index is 0.193. The number of ether oxygens (including phenoxy) is 2. The van der Waals surface area contributed by atoms with Crippen LogP contribution in [0.4, 0.5) is 0 Å².